The maximum absolute atomic E-state index is 5.93. The summed E-state index contributed by atoms with van der Waals surface area (Å²) in [5.41, 5.74) is 3.50. The molecule has 0 spiro atoms. The SMILES string of the molecule is CCCc1cc(CNCC)cc(Oc2cccc(C)c2)n1. The number of benzene rings is 1. The van der Waals surface area contributed by atoms with E-state index >= 15 is 0 Å². The lowest BCUT2D eigenvalue weighted by Gasteiger charge is -2.10. The van der Waals surface area contributed by atoms with Gasteiger partial charge >= 0.3 is 0 Å². The van der Waals surface area contributed by atoms with E-state index in [0.717, 1.165) is 37.4 Å². The smallest absolute Gasteiger partial charge is 0.219 e. The van der Waals surface area contributed by atoms with E-state index in [1.165, 1.54) is 11.1 Å². The maximum atomic E-state index is 5.93. The van der Waals surface area contributed by atoms with Gasteiger partial charge in [0, 0.05) is 18.3 Å². The lowest BCUT2D eigenvalue weighted by Crippen LogP contribution is -2.12. The van der Waals surface area contributed by atoms with E-state index < -0.39 is 0 Å². The number of aryl methyl sites for hydroxylation is 2. The van der Waals surface area contributed by atoms with Crippen LogP contribution in [0.25, 0.3) is 0 Å². The van der Waals surface area contributed by atoms with Gasteiger partial charge in [0.25, 0.3) is 0 Å². The minimum absolute atomic E-state index is 0.680. The predicted molar refractivity (Wildman–Crippen MR) is 86.9 cm³/mol. The van der Waals surface area contributed by atoms with E-state index in [9.17, 15) is 0 Å². The van der Waals surface area contributed by atoms with Gasteiger partial charge in [-0.15, -0.1) is 0 Å². The Kier molecular flexibility index (Phi) is 5.76. The maximum Gasteiger partial charge on any atom is 0.219 e. The number of nitrogens with one attached hydrogen (secondary N) is 1. The zero-order valence-electron chi connectivity index (χ0n) is 13.1. The molecule has 1 aromatic carbocycles. The van der Waals surface area contributed by atoms with Gasteiger partial charge in [0.1, 0.15) is 5.75 Å². The summed E-state index contributed by atoms with van der Waals surface area (Å²) in [5, 5.41) is 3.35. The van der Waals surface area contributed by atoms with Crippen molar-refractivity contribution in [2.24, 2.45) is 0 Å². The van der Waals surface area contributed by atoms with E-state index in [0.29, 0.717) is 5.88 Å². The molecule has 0 aliphatic rings. The van der Waals surface area contributed by atoms with Crippen molar-refractivity contribution in [1.82, 2.24) is 10.3 Å². The van der Waals surface area contributed by atoms with Crippen LogP contribution in [0.4, 0.5) is 0 Å². The summed E-state index contributed by atoms with van der Waals surface area (Å²) in [7, 11) is 0. The number of ether oxygens (including phenoxy) is 1. The molecule has 0 fully saturated rings. The molecular weight excluding hydrogens is 260 g/mol. The van der Waals surface area contributed by atoms with Crippen LogP contribution in [0.3, 0.4) is 0 Å². The average molecular weight is 284 g/mol. The summed E-state index contributed by atoms with van der Waals surface area (Å²) in [6, 6.07) is 12.2. The van der Waals surface area contributed by atoms with Gasteiger partial charge in [0.15, 0.2) is 0 Å². The third-order valence-corrected chi connectivity index (χ3v) is 3.21. The molecule has 21 heavy (non-hydrogen) atoms. The Morgan fingerprint density at radius 1 is 1.14 bits per heavy atom. The van der Waals surface area contributed by atoms with Crippen LogP contribution in [-0.2, 0) is 13.0 Å². The second kappa shape index (κ2) is 7.79. The standard InChI is InChI=1S/C18H24N2O/c1-4-7-16-11-15(13-19-5-2)12-18(20-16)21-17-9-6-8-14(3)10-17/h6,8-12,19H,4-5,7,13H2,1-3H3. The minimum Gasteiger partial charge on any atom is -0.439 e. The first kappa shape index (κ1) is 15.5. The Labute approximate surface area is 127 Å². The molecule has 3 nitrogen and oxygen atoms in total. The summed E-state index contributed by atoms with van der Waals surface area (Å²) in [5.74, 6) is 1.52. The third-order valence-electron chi connectivity index (χ3n) is 3.21. The van der Waals surface area contributed by atoms with E-state index in [1.54, 1.807) is 0 Å². The molecule has 2 aromatic rings. The van der Waals surface area contributed by atoms with Crippen molar-refractivity contribution in [3.63, 3.8) is 0 Å². The van der Waals surface area contributed by atoms with Crippen LogP contribution < -0.4 is 10.1 Å². The van der Waals surface area contributed by atoms with Crippen molar-refractivity contribution >= 4 is 0 Å². The molecule has 2 rings (SSSR count). The Morgan fingerprint density at radius 3 is 2.71 bits per heavy atom. The monoisotopic (exact) mass is 284 g/mol. The fourth-order valence-electron chi connectivity index (χ4n) is 2.23. The van der Waals surface area contributed by atoms with Crippen LogP contribution in [0.15, 0.2) is 36.4 Å². The highest BCUT2D eigenvalue weighted by molar-refractivity contribution is 5.33. The zero-order valence-corrected chi connectivity index (χ0v) is 13.1. The highest BCUT2D eigenvalue weighted by Gasteiger charge is 2.05. The van der Waals surface area contributed by atoms with E-state index in [-0.39, 0.29) is 0 Å². The molecule has 0 saturated carbocycles. The molecule has 0 bridgehead atoms. The Bertz CT molecular complexity index is 581. The zero-order chi connectivity index (χ0) is 15.1. The number of hydrogen-bond donors (Lipinski definition) is 1. The topological polar surface area (TPSA) is 34.1 Å². The molecule has 0 saturated heterocycles. The summed E-state index contributed by atoms with van der Waals surface area (Å²) < 4.78 is 5.93. The van der Waals surface area contributed by atoms with Crippen LogP contribution in [0.5, 0.6) is 11.6 Å². The predicted octanol–water partition coefficient (Wildman–Crippen LogP) is 4.24. The Balaban J connectivity index is 2.22. The molecular formula is C18H24N2O. The van der Waals surface area contributed by atoms with E-state index in [1.807, 2.05) is 24.3 Å². The van der Waals surface area contributed by atoms with Crippen LogP contribution in [0.1, 0.15) is 37.1 Å². The van der Waals surface area contributed by atoms with Crippen molar-refractivity contribution in [3.05, 3.63) is 53.2 Å². The van der Waals surface area contributed by atoms with Gasteiger partial charge in [-0.25, -0.2) is 4.98 Å². The van der Waals surface area contributed by atoms with E-state index in [2.05, 4.69) is 43.2 Å². The summed E-state index contributed by atoms with van der Waals surface area (Å²) in [6.07, 6.45) is 2.06. The number of hydrogen-bond acceptors (Lipinski definition) is 3. The third kappa shape index (κ3) is 4.87. The molecule has 0 unspecified atom stereocenters. The first-order valence-corrected chi connectivity index (χ1v) is 7.66. The second-order valence-electron chi connectivity index (χ2n) is 5.25. The number of nitrogens with zero attached hydrogens (tertiary/aromatic N) is 1. The second-order valence-corrected chi connectivity index (χ2v) is 5.25. The lowest BCUT2D eigenvalue weighted by molar-refractivity contribution is 0.459. The molecule has 112 valence electrons. The Morgan fingerprint density at radius 2 is 2.00 bits per heavy atom. The largest absolute Gasteiger partial charge is 0.439 e. The van der Waals surface area contributed by atoms with Gasteiger partial charge in [0.05, 0.1) is 0 Å². The van der Waals surface area contributed by atoms with Crippen molar-refractivity contribution < 1.29 is 4.74 Å². The van der Waals surface area contributed by atoms with Gasteiger partial charge in [-0.2, -0.15) is 0 Å². The van der Waals surface area contributed by atoms with Crippen molar-refractivity contribution in [3.8, 4) is 11.6 Å². The fraction of sp³-hybridized carbons (Fsp3) is 0.389. The van der Waals surface area contributed by atoms with E-state index in [4.69, 9.17) is 4.74 Å². The number of rotatable bonds is 7. The fourth-order valence-corrected chi connectivity index (χ4v) is 2.23. The first-order chi connectivity index (χ1) is 10.2. The first-order valence-electron chi connectivity index (χ1n) is 7.66. The quantitative estimate of drug-likeness (QED) is 0.825. The average Bonchev–Trinajstić information content (AvgIpc) is 2.45. The molecule has 0 amide bonds. The van der Waals surface area contributed by atoms with Gasteiger partial charge in [0.2, 0.25) is 5.88 Å². The molecule has 0 aliphatic carbocycles. The van der Waals surface area contributed by atoms with Crippen molar-refractivity contribution in [2.75, 3.05) is 6.54 Å². The molecule has 1 N–H and O–H groups in total. The minimum atomic E-state index is 0.680. The summed E-state index contributed by atoms with van der Waals surface area (Å²) in [6.45, 7) is 8.14. The highest BCUT2D eigenvalue weighted by Crippen LogP contribution is 2.22. The van der Waals surface area contributed by atoms with Crippen LogP contribution in [-0.4, -0.2) is 11.5 Å². The Hall–Kier alpha value is -1.87. The summed E-state index contributed by atoms with van der Waals surface area (Å²) in [4.78, 5) is 4.61. The molecule has 1 heterocycles. The van der Waals surface area contributed by atoms with Crippen molar-refractivity contribution in [2.45, 2.75) is 40.2 Å². The lowest BCUT2D eigenvalue weighted by atomic mass is 10.1. The number of pyridine rings is 1. The van der Waals surface area contributed by atoms with Gasteiger partial charge < -0.3 is 10.1 Å². The van der Waals surface area contributed by atoms with Gasteiger partial charge in [-0.3, -0.25) is 0 Å². The van der Waals surface area contributed by atoms with Crippen molar-refractivity contribution in [1.29, 1.82) is 0 Å². The van der Waals surface area contributed by atoms with Crippen LogP contribution >= 0.6 is 0 Å². The summed E-state index contributed by atoms with van der Waals surface area (Å²) >= 11 is 0. The molecule has 0 radical (unpaired) electrons. The molecule has 0 atom stereocenters. The van der Waals surface area contributed by atoms with Gasteiger partial charge in [-0.05, 0) is 49.2 Å². The molecule has 1 aromatic heterocycles. The van der Waals surface area contributed by atoms with Crippen LogP contribution in [0.2, 0.25) is 0 Å². The number of aromatic nitrogens is 1. The van der Waals surface area contributed by atoms with Gasteiger partial charge in [-0.1, -0.05) is 32.4 Å². The highest BCUT2D eigenvalue weighted by atomic mass is 16.5. The molecule has 3 heteroatoms. The van der Waals surface area contributed by atoms with Crippen LogP contribution in [0, 0.1) is 6.92 Å². The normalized spacial score (nSPS) is 10.6. The molecule has 0 aliphatic heterocycles.